The van der Waals surface area contributed by atoms with Crippen LogP contribution in [0.25, 0.3) is 0 Å². The van der Waals surface area contributed by atoms with E-state index in [1.807, 2.05) is 0 Å². The number of hydrogen-bond donors (Lipinski definition) is 1. The summed E-state index contributed by atoms with van der Waals surface area (Å²) in [4.78, 5) is 2.78. The Bertz CT molecular complexity index is 279. The fraction of sp³-hybridized carbons (Fsp3) is 1.00. The number of nitrogens with zero attached hydrogens (tertiary/aromatic N) is 1. The Kier molecular flexibility index (Phi) is 7.01. The summed E-state index contributed by atoms with van der Waals surface area (Å²) in [5, 5.41) is 3.85. The maximum absolute atomic E-state index is 3.85. The summed E-state index contributed by atoms with van der Waals surface area (Å²) in [7, 11) is 0. The monoisotopic (exact) mass is 294 g/mol. The number of rotatable bonds is 5. The summed E-state index contributed by atoms with van der Waals surface area (Å²) in [6.45, 7) is 12.5. The molecular weight excluding hydrogens is 256 g/mol. The molecule has 2 unspecified atom stereocenters. The Morgan fingerprint density at radius 3 is 2.38 bits per heavy atom. The van der Waals surface area contributed by atoms with E-state index in [0.717, 1.165) is 12.0 Å². The minimum Gasteiger partial charge on any atom is -0.314 e. The van der Waals surface area contributed by atoms with Crippen molar-refractivity contribution < 1.29 is 0 Å². The molecule has 1 aliphatic heterocycles. The number of nitrogens with one attached hydrogen (secondary N) is 1. The van der Waals surface area contributed by atoms with Gasteiger partial charge in [-0.15, -0.1) is 0 Å². The van der Waals surface area contributed by atoms with E-state index >= 15 is 0 Å². The molecule has 2 nitrogen and oxygen atoms in total. The minimum absolute atomic E-state index is 0.553. The summed E-state index contributed by atoms with van der Waals surface area (Å²) in [6.07, 6.45) is 12.6. The molecule has 0 bridgehead atoms. The molecule has 1 saturated heterocycles. The first-order valence-corrected chi connectivity index (χ1v) is 9.56. The van der Waals surface area contributed by atoms with Crippen LogP contribution in [-0.4, -0.2) is 37.1 Å². The zero-order chi connectivity index (χ0) is 15.1. The molecule has 0 amide bonds. The molecule has 0 aromatic heterocycles. The van der Waals surface area contributed by atoms with Gasteiger partial charge in [0.2, 0.25) is 0 Å². The smallest absolute Gasteiger partial charge is 0.0108 e. The van der Waals surface area contributed by atoms with Crippen molar-refractivity contribution in [3.05, 3.63) is 0 Å². The van der Waals surface area contributed by atoms with Gasteiger partial charge in [-0.2, -0.15) is 0 Å². The lowest BCUT2D eigenvalue weighted by atomic mass is 9.69. The number of hydrogen-bond acceptors (Lipinski definition) is 2. The second-order valence-electron chi connectivity index (χ2n) is 8.30. The van der Waals surface area contributed by atoms with Crippen molar-refractivity contribution >= 4 is 0 Å². The first kappa shape index (κ1) is 17.3. The summed E-state index contributed by atoms with van der Waals surface area (Å²) in [6, 6.07) is 0.767. The third-order valence-corrected chi connectivity index (χ3v) is 5.61. The second-order valence-corrected chi connectivity index (χ2v) is 8.30. The third-order valence-electron chi connectivity index (χ3n) is 5.61. The van der Waals surface area contributed by atoms with Gasteiger partial charge in [0.15, 0.2) is 0 Å². The van der Waals surface area contributed by atoms with Gasteiger partial charge in [-0.1, -0.05) is 40.0 Å². The summed E-state index contributed by atoms with van der Waals surface area (Å²) in [5.74, 6) is 0.861. The van der Waals surface area contributed by atoms with Crippen molar-refractivity contribution in [2.45, 2.75) is 84.6 Å². The van der Waals surface area contributed by atoms with E-state index in [2.05, 4.69) is 31.0 Å². The first-order chi connectivity index (χ1) is 10.1. The summed E-state index contributed by atoms with van der Waals surface area (Å²) in [5.41, 5.74) is 0.553. The highest BCUT2D eigenvalue weighted by molar-refractivity contribution is 4.90. The van der Waals surface area contributed by atoms with Gasteiger partial charge in [-0.05, 0) is 69.5 Å². The molecule has 0 aromatic rings. The van der Waals surface area contributed by atoms with Gasteiger partial charge in [0, 0.05) is 12.6 Å². The van der Waals surface area contributed by atoms with Crippen LogP contribution < -0.4 is 5.32 Å². The molecule has 124 valence electrons. The van der Waals surface area contributed by atoms with Crippen molar-refractivity contribution in [2.24, 2.45) is 11.3 Å². The predicted molar refractivity (Wildman–Crippen MR) is 92.7 cm³/mol. The van der Waals surface area contributed by atoms with Crippen LogP contribution in [0.4, 0.5) is 0 Å². The van der Waals surface area contributed by atoms with Gasteiger partial charge < -0.3 is 10.2 Å². The van der Waals surface area contributed by atoms with Crippen LogP contribution in [0.15, 0.2) is 0 Å². The summed E-state index contributed by atoms with van der Waals surface area (Å²) >= 11 is 0. The molecule has 2 aliphatic rings. The minimum atomic E-state index is 0.553. The van der Waals surface area contributed by atoms with Crippen molar-refractivity contribution in [1.82, 2.24) is 10.2 Å². The third kappa shape index (κ3) is 5.90. The standard InChI is InChI=1S/C19H38N2/c1-4-12-20-18-10-11-19(2,3)15-17(18)16-21-13-8-6-5-7-9-14-21/h17-18,20H,4-16H2,1-3H3. The molecule has 2 heteroatoms. The quantitative estimate of drug-likeness (QED) is 0.806. The van der Waals surface area contributed by atoms with Gasteiger partial charge in [0.1, 0.15) is 0 Å². The molecule has 1 heterocycles. The second kappa shape index (κ2) is 8.53. The molecule has 2 rings (SSSR count). The molecule has 2 fully saturated rings. The predicted octanol–water partition coefficient (Wildman–Crippen LogP) is 4.45. The van der Waals surface area contributed by atoms with Crippen LogP contribution in [0.3, 0.4) is 0 Å². The average Bonchev–Trinajstić information content (AvgIpc) is 2.40. The molecule has 21 heavy (non-hydrogen) atoms. The fourth-order valence-electron chi connectivity index (χ4n) is 4.35. The molecular formula is C19H38N2. The molecule has 0 radical (unpaired) electrons. The Labute approximate surface area is 133 Å². The maximum atomic E-state index is 3.85. The topological polar surface area (TPSA) is 15.3 Å². The highest BCUT2D eigenvalue weighted by Gasteiger charge is 2.35. The Balaban J connectivity index is 1.90. The highest BCUT2D eigenvalue weighted by atomic mass is 15.1. The van der Waals surface area contributed by atoms with Crippen molar-refractivity contribution in [3.63, 3.8) is 0 Å². The Hall–Kier alpha value is -0.0800. The van der Waals surface area contributed by atoms with Crippen LogP contribution in [0, 0.1) is 11.3 Å². The van der Waals surface area contributed by atoms with E-state index in [4.69, 9.17) is 0 Å². The van der Waals surface area contributed by atoms with E-state index < -0.39 is 0 Å². The van der Waals surface area contributed by atoms with Crippen LogP contribution >= 0.6 is 0 Å². The van der Waals surface area contributed by atoms with Gasteiger partial charge in [0.05, 0.1) is 0 Å². The SMILES string of the molecule is CCCNC1CCC(C)(C)CC1CN1CCCCCCC1. The van der Waals surface area contributed by atoms with E-state index in [1.54, 1.807) is 0 Å². The van der Waals surface area contributed by atoms with Crippen LogP contribution in [-0.2, 0) is 0 Å². The van der Waals surface area contributed by atoms with E-state index in [1.165, 1.54) is 84.0 Å². The van der Waals surface area contributed by atoms with Crippen molar-refractivity contribution in [2.75, 3.05) is 26.2 Å². The zero-order valence-corrected chi connectivity index (χ0v) is 14.8. The van der Waals surface area contributed by atoms with E-state index in [9.17, 15) is 0 Å². The van der Waals surface area contributed by atoms with Crippen LogP contribution in [0.1, 0.15) is 78.6 Å². The molecule has 0 spiro atoms. The normalized spacial score (nSPS) is 31.6. The Morgan fingerprint density at radius 2 is 1.71 bits per heavy atom. The van der Waals surface area contributed by atoms with E-state index in [-0.39, 0.29) is 0 Å². The lowest BCUT2D eigenvalue weighted by Crippen LogP contribution is -2.48. The van der Waals surface area contributed by atoms with Gasteiger partial charge in [0.25, 0.3) is 0 Å². The molecule has 2 atom stereocenters. The van der Waals surface area contributed by atoms with Crippen molar-refractivity contribution in [3.8, 4) is 0 Å². The molecule has 1 N–H and O–H groups in total. The van der Waals surface area contributed by atoms with Crippen LogP contribution in [0.5, 0.6) is 0 Å². The van der Waals surface area contributed by atoms with Gasteiger partial charge in [-0.25, -0.2) is 0 Å². The van der Waals surface area contributed by atoms with Crippen LogP contribution in [0.2, 0.25) is 0 Å². The number of likely N-dealkylation sites (tertiary alicyclic amines) is 1. The largest absolute Gasteiger partial charge is 0.314 e. The molecule has 0 aromatic carbocycles. The summed E-state index contributed by atoms with van der Waals surface area (Å²) < 4.78 is 0. The highest BCUT2D eigenvalue weighted by Crippen LogP contribution is 2.39. The first-order valence-electron chi connectivity index (χ1n) is 9.56. The van der Waals surface area contributed by atoms with Crippen molar-refractivity contribution in [1.29, 1.82) is 0 Å². The molecule has 1 aliphatic carbocycles. The van der Waals surface area contributed by atoms with Gasteiger partial charge in [-0.3, -0.25) is 0 Å². The Morgan fingerprint density at radius 1 is 1.05 bits per heavy atom. The lowest BCUT2D eigenvalue weighted by molar-refractivity contribution is 0.0963. The zero-order valence-electron chi connectivity index (χ0n) is 14.8. The fourth-order valence-corrected chi connectivity index (χ4v) is 4.35. The maximum Gasteiger partial charge on any atom is 0.0108 e. The van der Waals surface area contributed by atoms with E-state index in [0.29, 0.717) is 5.41 Å². The lowest BCUT2D eigenvalue weighted by Gasteiger charge is -2.43. The average molecular weight is 295 g/mol. The van der Waals surface area contributed by atoms with Gasteiger partial charge >= 0.3 is 0 Å². The molecule has 1 saturated carbocycles.